The first kappa shape index (κ1) is 19.5. The molecule has 1 heterocycles. The summed E-state index contributed by atoms with van der Waals surface area (Å²) in [5, 5.41) is 4.39. The molecule has 0 radical (unpaired) electrons. The van der Waals surface area contributed by atoms with Gasteiger partial charge in [0.2, 0.25) is 5.91 Å². The van der Waals surface area contributed by atoms with Crippen LogP contribution in [0.2, 0.25) is 10.0 Å². The first-order valence-electron chi connectivity index (χ1n) is 8.62. The van der Waals surface area contributed by atoms with Gasteiger partial charge in [-0.2, -0.15) is 0 Å². The van der Waals surface area contributed by atoms with Crippen molar-refractivity contribution < 1.29 is 9.53 Å². The van der Waals surface area contributed by atoms with Crippen molar-refractivity contribution in [3.8, 4) is 0 Å². The van der Waals surface area contributed by atoms with Gasteiger partial charge in [-0.05, 0) is 44.9 Å². The summed E-state index contributed by atoms with van der Waals surface area (Å²) in [5.41, 5.74) is 0.943. The van der Waals surface area contributed by atoms with Crippen molar-refractivity contribution in [2.24, 2.45) is 5.92 Å². The lowest BCUT2D eigenvalue weighted by Gasteiger charge is -2.32. The van der Waals surface area contributed by atoms with Crippen LogP contribution in [0.5, 0.6) is 0 Å². The van der Waals surface area contributed by atoms with E-state index in [1.165, 1.54) is 0 Å². The van der Waals surface area contributed by atoms with E-state index in [-0.39, 0.29) is 11.8 Å². The molecule has 1 saturated heterocycles. The van der Waals surface area contributed by atoms with E-state index >= 15 is 0 Å². The Bertz CT molecular complexity index is 520. The van der Waals surface area contributed by atoms with Gasteiger partial charge >= 0.3 is 0 Å². The number of likely N-dealkylation sites (tertiary alicyclic amines) is 1. The van der Waals surface area contributed by atoms with Gasteiger partial charge in [0.25, 0.3) is 0 Å². The number of hydrogen-bond acceptors (Lipinski definition) is 3. The van der Waals surface area contributed by atoms with E-state index in [2.05, 4.69) is 10.2 Å². The number of piperidine rings is 1. The van der Waals surface area contributed by atoms with Gasteiger partial charge in [0, 0.05) is 48.5 Å². The van der Waals surface area contributed by atoms with Gasteiger partial charge < -0.3 is 10.1 Å². The molecule has 24 heavy (non-hydrogen) atoms. The van der Waals surface area contributed by atoms with Crippen molar-refractivity contribution in [1.29, 1.82) is 0 Å². The number of benzene rings is 1. The van der Waals surface area contributed by atoms with Crippen LogP contribution >= 0.6 is 23.2 Å². The Morgan fingerprint density at radius 2 is 2.12 bits per heavy atom. The average Bonchev–Trinajstić information content (AvgIpc) is 2.58. The summed E-state index contributed by atoms with van der Waals surface area (Å²) in [4.78, 5) is 14.6. The maximum absolute atomic E-state index is 12.3. The average molecular weight is 373 g/mol. The van der Waals surface area contributed by atoms with Crippen LogP contribution < -0.4 is 5.32 Å². The monoisotopic (exact) mass is 372 g/mol. The predicted octanol–water partition coefficient (Wildman–Crippen LogP) is 3.75. The second-order valence-electron chi connectivity index (χ2n) is 6.12. The Hall–Kier alpha value is -0.810. The van der Waals surface area contributed by atoms with Crippen LogP contribution in [0.4, 0.5) is 0 Å². The molecular formula is C18H26Cl2N2O2. The van der Waals surface area contributed by atoms with Crippen molar-refractivity contribution >= 4 is 29.1 Å². The van der Waals surface area contributed by atoms with Gasteiger partial charge in [-0.25, -0.2) is 0 Å². The number of amides is 1. The molecule has 6 heteroatoms. The SMILES string of the molecule is CCOCCCNC(=O)[C@@H]1CCCN(Cc2c(Cl)cccc2Cl)C1. The third kappa shape index (κ3) is 5.92. The molecule has 1 atom stereocenters. The van der Waals surface area contributed by atoms with Crippen molar-refractivity contribution in [3.63, 3.8) is 0 Å². The van der Waals surface area contributed by atoms with Crippen molar-refractivity contribution in [3.05, 3.63) is 33.8 Å². The van der Waals surface area contributed by atoms with Crippen LogP contribution in [0.15, 0.2) is 18.2 Å². The number of halogens is 2. The topological polar surface area (TPSA) is 41.6 Å². The lowest BCUT2D eigenvalue weighted by atomic mass is 9.96. The van der Waals surface area contributed by atoms with E-state index in [0.29, 0.717) is 29.7 Å². The number of hydrogen-bond donors (Lipinski definition) is 1. The molecule has 1 aliphatic rings. The quantitative estimate of drug-likeness (QED) is 0.706. The van der Waals surface area contributed by atoms with Crippen LogP contribution in [-0.4, -0.2) is 43.7 Å². The third-order valence-electron chi connectivity index (χ3n) is 4.29. The maximum atomic E-state index is 12.3. The second kappa shape index (κ2) is 10.2. The Balaban J connectivity index is 1.82. The fraction of sp³-hybridized carbons (Fsp3) is 0.611. The van der Waals surface area contributed by atoms with Crippen LogP contribution in [0.3, 0.4) is 0 Å². The molecule has 1 N–H and O–H groups in total. The summed E-state index contributed by atoms with van der Waals surface area (Å²) in [6.45, 7) is 6.46. The number of rotatable bonds is 8. The van der Waals surface area contributed by atoms with Gasteiger partial charge in [-0.3, -0.25) is 9.69 Å². The van der Waals surface area contributed by atoms with Crippen molar-refractivity contribution in [2.45, 2.75) is 32.7 Å². The van der Waals surface area contributed by atoms with Gasteiger partial charge in [-0.1, -0.05) is 29.3 Å². The molecule has 134 valence electrons. The normalized spacial score (nSPS) is 18.5. The zero-order valence-corrected chi connectivity index (χ0v) is 15.7. The highest BCUT2D eigenvalue weighted by Gasteiger charge is 2.26. The largest absolute Gasteiger partial charge is 0.382 e. The Morgan fingerprint density at radius 1 is 1.38 bits per heavy atom. The lowest BCUT2D eigenvalue weighted by Crippen LogP contribution is -2.43. The molecular weight excluding hydrogens is 347 g/mol. The van der Waals surface area contributed by atoms with Gasteiger partial charge in [0.15, 0.2) is 0 Å². The first-order valence-corrected chi connectivity index (χ1v) is 9.38. The fourth-order valence-electron chi connectivity index (χ4n) is 2.99. The number of nitrogens with one attached hydrogen (secondary N) is 1. The molecule has 0 bridgehead atoms. The smallest absolute Gasteiger partial charge is 0.224 e. The molecule has 0 aromatic heterocycles. The minimum absolute atomic E-state index is 0.0344. The molecule has 0 saturated carbocycles. The zero-order chi connectivity index (χ0) is 17.4. The van der Waals surface area contributed by atoms with E-state index in [0.717, 1.165) is 44.5 Å². The molecule has 1 fully saturated rings. The Morgan fingerprint density at radius 3 is 2.83 bits per heavy atom. The maximum Gasteiger partial charge on any atom is 0.224 e. The highest BCUT2D eigenvalue weighted by atomic mass is 35.5. The van der Waals surface area contributed by atoms with E-state index in [1.54, 1.807) is 0 Å². The highest BCUT2D eigenvalue weighted by Crippen LogP contribution is 2.27. The minimum Gasteiger partial charge on any atom is -0.382 e. The highest BCUT2D eigenvalue weighted by molar-refractivity contribution is 6.35. The van der Waals surface area contributed by atoms with E-state index in [1.807, 2.05) is 25.1 Å². The van der Waals surface area contributed by atoms with Crippen molar-refractivity contribution in [1.82, 2.24) is 10.2 Å². The Kier molecular flexibility index (Phi) is 8.33. The van der Waals surface area contributed by atoms with Crippen LogP contribution in [-0.2, 0) is 16.1 Å². The molecule has 0 aliphatic carbocycles. The van der Waals surface area contributed by atoms with Crippen LogP contribution in [0, 0.1) is 5.92 Å². The summed E-state index contributed by atoms with van der Waals surface area (Å²) in [6.07, 6.45) is 2.80. The molecule has 0 unspecified atom stereocenters. The van der Waals surface area contributed by atoms with Gasteiger partial charge in [0.1, 0.15) is 0 Å². The molecule has 1 aromatic carbocycles. The first-order chi connectivity index (χ1) is 11.6. The summed E-state index contributed by atoms with van der Waals surface area (Å²) in [5.74, 6) is 0.175. The lowest BCUT2D eigenvalue weighted by molar-refractivity contribution is -0.126. The molecule has 1 amide bonds. The predicted molar refractivity (Wildman–Crippen MR) is 98.6 cm³/mol. The third-order valence-corrected chi connectivity index (χ3v) is 5.00. The number of nitrogens with zero attached hydrogens (tertiary/aromatic N) is 1. The molecule has 4 nitrogen and oxygen atoms in total. The summed E-state index contributed by atoms with van der Waals surface area (Å²) in [7, 11) is 0. The van der Waals surface area contributed by atoms with Gasteiger partial charge in [-0.15, -0.1) is 0 Å². The van der Waals surface area contributed by atoms with E-state index < -0.39 is 0 Å². The molecule has 1 aliphatic heterocycles. The second-order valence-corrected chi connectivity index (χ2v) is 6.93. The fourth-order valence-corrected chi connectivity index (χ4v) is 3.51. The Labute approximate surface area is 154 Å². The standard InChI is InChI=1S/C18H26Cl2N2O2/c1-2-24-11-5-9-21-18(23)14-6-4-10-22(12-14)13-15-16(19)7-3-8-17(15)20/h3,7-8,14H,2,4-6,9-13H2,1H3,(H,21,23)/t14-/m1/s1. The van der Waals surface area contributed by atoms with Crippen molar-refractivity contribution in [2.75, 3.05) is 32.8 Å². The minimum atomic E-state index is 0.0344. The number of carbonyl (C=O) groups is 1. The van der Waals surface area contributed by atoms with E-state index in [9.17, 15) is 4.79 Å². The van der Waals surface area contributed by atoms with E-state index in [4.69, 9.17) is 27.9 Å². The van der Waals surface area contributed by atoms with Crippen LogP contribution in [0.25, 0.3) is 0 Å². The summed E-state index contributed by atoms with van der Waals surface area (Å²) >= 11 is 12.5. The van der Waals surface area contributed by atoms with Gasteiger partial charge in [0.05, 0.1) is 5.92 Å². The summed E-state index contributed by atoms with van der Waals surface area (Å²) in [6, 6.07) is 5.56. The number of ether oxygens (including phenoxy) is 1. The van der Waals surface area contributed by atoms with Crippen LogP contribution in [0.1, 0.15) is 31.7 Å². The zero-order valence-electron chi connectivity index (χ0n) is 14.2. The number of carbonyl (C=O) groups excluding carboxylic acids is 1. The molecule has 1 aromatic rings. The summed E-state index contributed by atoms with van der Waals surface area (Å²) < 4.78 is 5.28. The molecule has 0 spiro atoms. The molecule has 2 rings (SSSR count).